The fourth-order valence-corrected chi connectivity index (χ4v) is 2.55. The van der Waals surface area contributed by atoms with Crippen LogP contribution in [-0.4, -0.2) is 13.6 Å². The molecule has 1 atom stereocenters. The quantitative estimate of drug-likeness (QED) is 0.921. The standard InChI is InChI=1S/C17H21FN2/c1-12-4-9-16(13(2)10-12)17(11-19)20(3)15-7-5-14(18)6-8-15/h4-10,17H,11,19H2,1-3H3. The molecule has 20 heavy (non-hydrogen) atoms. The predicted octanol–water partition coefficient (Wildman–Crippen LogP) is 3.58. The van der Waals surface area contributed by atoms with E-state index >= 15 is 0 Å². The summed E-state index contributed by atoms with van der Waals surface area (Å²) in [6.07, 6.45) is 0. The van der Waals surface area contributed by atoms with Gasteiger partial charge in [-0.25, -0.2) is 4.39 Å². The molecule has 106 valence electrons. The van der Waals surface area contributed by atoms with Gasteiger partial charge in [-0.1, -0.05) is 23.8 Å². The maximum atomic E-state index is 13.0. The number of benzene rings is 2. The van der Waals surface area contributed by atoms with Crippen LogP contribution < -0.4 is 10.6 Å². The van der Waals surface area contributed by atoms with Crippen LogP contribution in [0.4, 0.5) is 10.1 Å². The zero-order chi connectivity index (χ0) is 14.7. The van der Waals surface area contributed by atoms with Crippen LogP contribution in [0.15, 0.2) is 42.5 Å². The lowest BCUT2D eigenvalue weighted by Gasteiger charge is -2.30. The van der Waals surface area contributed by atoms with E-state index in [-0.39, 0.29) is 11.9 Å². The molecule has 0 fully saturated rings. The second kappa shape index (κ2) is 6.06. The molecule has 0 amide bonds. The van der Waals surface area contributed by atoms with E-state index in [1.165, 1.54) is 28.8 Å². The Hall–Kier alpha value is -1.87. The summed E-state index contributed by atoms with van der Waals surface area (Å²) in [5.74, 6) is -0.224. The van der Waals surface area contributed by atoms with E-state index in [9.17, 15) is 4.39 Å². The molecule has 0 aliphatic carbocycles. The van der Waals surface area contributed by atoms with Gasteiger partial charge < -0.3 is 10.6 Å². The second-order valence-corrected chi connectivity index (χ2v) is 5.20. The van der Waals surface area contributed by atoms with E-state index in [4.69, 9.17) is 5.73 Å². The number of hydrogen-bond donors (Lipinski definition) is 1. The third kappa shape index (κ3) is 2.99. The largest absolute Gasteiger partial charge is 0.366 e. The van der Waals surface area contributed by atoms with Crippen molar-refractivity contribution in [2.24, 2.45) is 5.73 Å². The van der Waals surface area contributed by atoms with Gasteiger partial charge in [0.25, 0.3) is 0 Å². The molecule has 0 saturated carbocycles. The van der Waals surface area contributed by atoms with Crippen LogP contribution in [0.5, 0.6) is 0 Å². The highest BCUT2D eigenvalue weighted by Crippen LogP contribution is 2.27. The van der Waals surface area contributed by atoms with E-state index < -0.39 is 0 Å². The molecule has 0 saturated heterocycles. The summed E-state index contributed by atoms with van der Waals surface area (Å²) in [6.45, 7) is 4.69. The average molecular weight is 272 g/mol. The molecule has 2 aromatic carbocycles. The molecule has 2 rings (SSSR count). The molecule has 0 aliphatic heterocycles. The first-order chi connectivity index (χ1) is 9.52. The van der Waals surface area contributed by atoms with Crippen molar-refractivity contribution >= 4 is 5.69 Å². The lowest BCUT2D eigenvalue weighted by molar-refractivity contribution is 0.626. The van der Waals surface area contributed by atoms with Gasteiger partial charge in [0.2, 0.25) is 0 Å². The minimum Gasteiger partial charge on any atom is -0.366 e. The Balaban J connectivity index is 2.33. The second-order valence-electron chi connectivity index (χ2n) is 5.20. The number of rotatable bonds is 4. The molecule has 0 bridgehead atoms. The maximum Gasteiger partial charge on any atom is 0.123 e. The maximum absolute atomic E-state index is 13.0. The summed E-state index contributed by atoms with van der Waals surface area (Å²) in [7, 11) is 1.99. The van der Waals surface area contributed by atoms with E-state index in [2.05, 4.69) is 36.9 Å². The number of likely N-dealkylation sites (N-methyl/N-ethyl adjacent to an activating group) is 1. The molecule has 0 radical (unpaired) electrons. The van der Waals surface area contributed by atoms with Gasteiger partial charge in [-0.05, 0) is 49.2 Å². The summed E-state index contributed by atoms with van der Waals surface area (Å²) in [4.78, 5) is 2.09. The highest BCUT2D eigenvalue weighted by atomic mass is 19.1. The summed E-state index contributed by atoms with van der Waals surface area (Å²) in [5, 5.41) is 0. The minimum atomic E-state index is -0.224. The van der Waals surface area contributed by atoms with E-state index in [0.717, 1.165) is 5.69 Å². The van der Waals surface area contributed by atoms with Gasteiger partial charge in [0.05, 0.1) is 6.04 Å². The van der Waals surface area contributed by atoms with E-state index in [0.29, 0.717) is 6.54 Å². The SMILES string of the molecule is Cc1ccc(C(CN)N(C)c2ccc(F)cc2)c(C)c1. The van der Waals surface area contributed by atoms with Gasteiger partial charge >= 0.3 is 0 Å². The number of nitrogens with two attached hydrogens (primary N) is 1. The van der Waals surface area contributed by atoms with E-state index in [1.807, 2.05) is 7.05 Å². The Kier molecular flexibility index (Phi) is 4.40. The number of anilines is 1. The van der Waals surface area contributed by atoms with Crippen LogP contribution in [0.1, 0.15) is 22.7 Å². The monoisotopic (exact) mass is 272 g/mol. The molecule has 0 heterocycles. The molecule has 2 aromatic rings. The third-order valence-corrected chi connectivity index (χ3v) is 3.71. The Morgan fingerprint density at radius 1 is 1.10 bits per heavy atom. The predicted molar refractivity (Wildman–Crippen MR) is 82.5 cm³/mol. The lowest BCUT2D eigenvalue weighted by atomic mass is 9.98. The minimum absolute atomic E-state index is 0.0843. The van der Waals surface area contributed by atoms with Crippen molar-refractivity contribution in [2.45, 2.75) is 19.9 Å². The first-order valence-electron chi connectivity index (χ1n) is 6.78. The van der Waals surface area contributed by atoms with E-state index in [1.54, 1.807) is 12.1 Å². The van der Waals surface area contributed by atoms with Gasteiger partial charge in [0, 0.05) is 19.3 Å². The average Bonchev–Trinajstić information content (AvgIpc) is 2.42. The van der Waals surface area contributed by atoms with Gasteiger partial charge in [-0.3, -0.25) is 0 Å². The zero-order valence-electron chi connectivity index (χ0n) is 12.2. The number of halogens is 1. The molecule has 1 unspecified atom stereocenters. The van der Waals surface area contributed by atoms with Crippen LogP contribution in [0.25, 0.3) is 0 Å². The lowest BCUT2D eigenvalue weighted by Crippen LogP contribution is -2.31. The fraction of sp³-hybridized carbons (Fsp3) is 0.294. The molecule has 0 spiro atoms. The summed E-state index contributed by atoms with van der Waals surface area (Å²) in [6, 6.07) is 13.0. The molecular formula is C17H21FN2. The van der Waals surface area contributed by atoms with Gasteiger partial charge in [0.1, 0.15) is 5.82 Å². The van der Waals surface area contributed by atoms with Gasteiger partial charge in [-0.15, -0.1) is 0 Å². The summed E-state index contributed by atoms with van der Waals surface area (Å²) < 4.78 is 13.0. The third-order valence-electron chi connectivity index (χ3n) is 3.71. The molecule has 0 aliphatic rings. The van der Waals surface area contributed by atoms with Crippen molar-refractivity contribution in [3.05, 3.63) is 65.0 Å². The van der Waals surface area contributed by atoms with Crippen molar-refractivity contribution < 1.29 is 4.39 Å². The fourth-order valence-electron chi connectivity index (χ4n) is 2.55. The van der Waals surface area contributed by atoms with Crippen LogP contribution >= 0.6 is 0 Å². The van der Waals surface area contributed by atoms with Crippen molar-refractivity contribution in [1.82, 2.24) is 0 Å². The van der Waals surface area contributed by atoms with Crippen molar-refractivity contribution in [1.29, 1.82) is 0 Å². The van der Waals surface area contributed by atoms with Gasteiger partial charge in [-0.2, -0.15) is 0 Å². The number of aryl methyl sites for hydroxylation is 2. The Morgan fingerprint density at radius 2 is 1.75 bits per heavy atom. The van der Waals surface area contributed by atoms with Gasteiger partial charge in [0.15, 0.2) is 0 Å². The Morgan fingerprint density at radius 3 is 2.30 bits per heavy atom. The van der Waals surface area contributed by atoms with Crippen molar-refractivity contribution in [3.8, 4) is 0 Å². The first kappa shape index (κ1) is 14.5. The van der Waals surface area contributed by atoms with Crippen molar-refractivity contribution in [3.63, 3.8) is 0 Å². The molecule has 0 aromatic heterocycles. The normalized spacial score (nSPS) is 12.2. The van der Waals surface area contributed by atoms with Crippen LogP contribution in [0, 0.1) is 19.7 Å². The summed E-state index contributed by atoms with van der Waals surface area (Å²) >= 11 is 0. The summed E-state index contributed by atoms with van der Waals surface area (Å²) in [5.41, 5.74) is 10.6. The van der Waals surface area contributed by atoms with Crippen molar-refractivity contribution in [2.75, 3.05) is 18.5 Å². The Bertz CT molecular complexity index is 578. The highest BCUT2D eigenvalue weighted by Gasteiger charge is 2.17. The smallest absolute Gasteiger partial charge is 0.123 e. The molecule has 2 N–H and O–H groups in total. The molecule has 3 heteroatoms. The first-order valence-corrected chi connectivity index (χ1v) is 6.78. The molecular weight excluding hydrogens is 251 g/mol. The molecule has 2 nitrogen and oxygen atoms in total. The topological polar surface area (TPSA) is 29.3 Å². The number of hydrogen-bond acceptors (Lipinski definition) is 2. The zero-order valence-corrected chi connectivity index (χ0v) is 12.2. The van der Waals surface area contributed by atoms with Crippen LogP contribution in [0.2, 0.25) is 0 Å². The Labute approximate surface area is 120 Å². The highest BCUT2D eigenvalue weighted by molar-refractivity contribution is 5.49. The van der Waals surface area contributed by atoms with Crippen LogP contribution in [0.3, 0.4) is 0 Å². The van der Waals surface area contributed by atoms with Crippen LogP contribution in [-0.2, 0) is 0 Å². The number of nitrogens with zero attached hydrogens (tertiary/aromatic N) is 1.